The highest BCUT2D eigenvalue weighted by Crippen LogP contribution is 2.15. The molecule has 0 bridgehead atoms. The smallest absolute Gasteiger partial charge is 0.252 e. The van der Waals surface area contributed by atoms with Crippen LogP contribution in [-0.2, 0) is 7.05 Å². The second-order valence-corrected chi connectivity index (χ2v) is 4.73. The van der Waals surface area contributed by atoms with E-state index in [1.807, 2.05) is 43.2 Å². The Labute approximate surface area is 135 Å². The molecule has 21 heavy (non-hydrogen) atoms. The monoisotopic (exact) mass is 324 g/mol. The maximum atomic E-state index is 11.0. The van der Waals surface area contributed by atoms with Crippen LogP contribution in [0.5, 0.6) is 0 Å². The van der Waals surface area contributed by atoms with Crippen LogP contribution in [0, 0.1) is 0 Å². The van der Waals surface area contributed by atoms with Crippen LogP contribution in [0.15, 0.2) is 53.9 Å². The summed E-state index contributed by atoms with van der Waals surface area (Å²) in [7, 11) is 3.81. The van der Waals surface area contributed by atoms with Gasteiger partial charge in [-0.15, -0.1) is 12.4 Å². The van der Waals surface area contributed by atoms with Gasteiger partial charge >= 0.3 is 0 Å². The molecule has 1 aromatic carbocycles. The number of aryl methyl sites for hydroxylation is 1. The fraction of sp³-hybridized carbons (Fsp3) is 0.133. The van der Waals surface area contributed by atoms with Crippen molar-refractivity contribution >= 4 is 41.2 Å². The first-order chi connectivity index (χ1) is 9.56. The Morgan fingerprint density at radius 1 is 1.19 bits per heavy atom. The first-order valence-corrected chi connectivity index (χ1v) is 6.47. The highest BCUT2D eigenvalue weighted by Gasteiger charge is 2.03. The maximum Gasteiger partial charge on any atom is 0.252 e. The number of pyridine rings is 1. The molecular weight excluding hydrogens is 309 g/mol. The van der Waals surface area contributed by atoms with Gasteiger partial charge in [-0.3, -0.25) is 9.80 Å². The van der Waals surface area contributed by atoms with Crippen molar-refractivity contribution in [3.63, 3.8) is 0 Å². The van der Waals surface area contributed by atoms with Crippen molar-refractivity contribution in [3.05, 3.63) is 59.9 Å². The molecule has 1 heterocycles. The summed E-state index contributed by atoms with van der Waals surface area (Å²) < 4.78 is 1.96. The van der Waals surface area contributed by atoms with E-state index in [1.165, 1.54) is 0 Å². The lowest BCUT2D eigenvalue weighted by Gasteiger charge is -2.12. The van der Waals surface area contributed by atoms with Gasteiger partial charge in [-0.1, -0.05) is 0 Å². The summed E-state index contributed by atoms with van der Waals surface area (Å²) in [6.45, 7) is 0. The van der Waals surface area contributed by atoms with E-state index in [-0.39, 0.29) is 12.4 Å². The van der Waals surface area contributed by atoms with Crippen LogP contribution < -0.4 is 9.58 Å². The van der Waals surface area contributed by atoms with Gasteiger partial charge in [-0.2, -0.15) is 5.10 Å². The molecule has 110 valence electrons. The maximum absolute atomic E-state index is 11.0. The molecule has 0 aliphatic carbocycles. The van der Waals surface area contributed by atoms with Gasteiger partial charge in [-0.25, -0.2) is 4.57 Å². The third-order valence-electron chi connectivity index (χ3n) is 2.85. The number of anilines is 1. The number of rotatable bonds is 4. The topological polar surface area (TPSA) is 36.5 Å². The zero-order chi connectivity index (χ0) is 14.5. The third kappa shape index (κ3) is 4.85. The van der Waals surface area contributed by atoms with Gasteiger partial charge in [0.25, 0.3) is 5.24 Å². The second kappa shape index (κ2) is 7.76. The summed E-state index contributed by atoms with van der Waals surface area (Å²) in [5.41, 5.74) is 2.37. The largest absolute Gasteiger partial charge is 0.276 e. The minimum absolute atomic E-state index is 0. The first kappa shape index (κ1) is 17.1. The van der Waals surface area contributed by atoms with Gasteiger partial charge < -0.3 is 0 Å². The molecule has 0 unspecified atom stereocenters. The molecule has 0 N–H and O–H groups in total. The van der Waals surface area contributed by atoms with Crippen LogP contribution in [0.25, 0.3) is 0 Å². The summed E-state index contributed by atoms with van der Waals surface area (Å²) in [5, 5.41) is 5.62. The average Bonchev–Trinajstić information content (AvgIpc) is 2.46. The number of benzene rings is 1. The zero-order valence-electron chi connectivity index (χ0n) is 11.7. The Morgan fingerprint density at radius 3 is 2.29 bits per heavy atom. The molecule has 0 atom stereocenters. The van der Waals surface area contributed by atoms with Crippen LogP contribution in [0.3, 0.4) is 0 Å². The lowest BCUT2D eigenvalue weighted by Crippen LogP contribution is -2.25. The normalized spacial score (nSPS) is 10.2. The predicted octanol–water partition coefficient (Wildman–Crippen LogP) is 2.78. The summed E-state index contributed by atoms with van der Waals surface area (Å²) in [6, 6.07) is 10.9. The number of halogens is 2. The van der Waals surface area contributed by atoms with E-state index < -0.39 is 5.24 Å². The average molecular weight is 325 g/mol. The van der Waals surface area contributed by atoms with E-state index in [4.69, 9.17) is 11.6 Å². The third-order valence-corrected chi connectivity index (χ3v) is 3.07. The van der Waals surface area contributed by atoms with Crippen LogP contribution in [-0.4, -0.2) is 18.5 Å². The molecule has 0 radical (unpaired) electrons. The van der Waals surface area contributed by atoms with Crippen molar-refractivity contribution in [2.75, 3.05) is 12.1 Å². The standard InChI is InChI=1S/C15H15ClN3O.ClH/c1-18-9-7-12(8-10-18)11-17-19(2)14-5-3-13(4-6-14)15(16)20;/h3-11H,1-2H3;1H/q+1;. The van der Waals surface area contributed by atoms with Crippen molar-refractivity contribution in [3.8, 4) is 0 Å². The molecular formula is C15H16Cl2N3O+. The zero-order valence-corrected chi connectivity index (χ0v) is 13.3. The molecule has 0 spiro atoms. The Balaban J connectivity index is 0.00000220. The second-order valence-electron chi connectivity index (χ2n) is 4.39. The number of nitrogens with zero attached hydrogens (tertiary/aromatic N) is 3. The van der Waals surface area contributed by atoms with Crippen molar-refractivity contribution in [1.82, 2.24) is 0 Å². The number of aromatic nitrogens is 1. The van der Waals surface area contributed by atoms with Crippen LogP contribution in [0.2, 0.25) is 0 Å². The van der Waals surface area contributed by atoms with Crippen molar-refractivity contribution < 1.29 is 9.36 Å². The van der Waals surface area contributed by atoms with E-state index in [0.717, 1.165) is 11.3 Å². The van der Waals surface area contributed by atoms with Crippen molar-refractivity contribution in [2.45, 2.75) is 0 Å². The van der Waals surface area contributed by atoms with E-state index in [2.05, 4.69) is 5.10 Å². The van der Waals surface area contributed by atoms with Gasteiger partial charge in [0.2, 0.25) is 0 Å². The van der Waals surface area contributed by atoms with Crippen LogP contribution >= 0.6 is 24.0 Å². The minimum Gasteiger partial charge on any atom is -0.276 e. The molecule has 2 aromatic rings. The molecule has 4 nitrogen and oxygen atoms in total. The first-order valence-electron chi connectivity index (χ1n) is 6.09. The number of carbonyl (C=O) groups is 1. The van der Waals surface area contributed by atoms with E-state index in [9.17, 15) is 4.79 Å². The molecule has 1 aromatic heterocycles. The molecule has 0 saturated heterocycles. The van der Waals surface area contributed by atoms with E-state index in [1.54, 1.807) is 35.5 Å². The lowest BCUT2D eigenvalue weighted by atomic mass is 10.2. The van der Waals surface area contributed by atoms with Gasteiger partial charge in [0, 0.05) is 30.3 Å². The molecule has 0 aliphatic rings. The highest BCUT2D eigenvalue weighted by molar-refractivity contribution is 6.67. The Morgan fingerprint density at radius 2 is 1.76 bits per heavy atom. The molecule has 0 aliphatic heterocycles. The minimum atomic E-state index is -0.458. The van der Waals surface area contributed by atoms with Gasteiger partial charge in [0.1, 0.15) is 7.05 Å². The summed E-state index contributed by atoms with van der Waals surface area (Å²) in [4.78, 5) is 11.0. The quantitative estimate of drug-likeness (QED) is 0.375. The molecule has 2 rings (SSSR count). The van der Waals surface area contributed by atoms with Crippen molar-refractivity contribution in [1.29, 1.82) is 0 Å². The Hall–Kier alpha value is -1.91. The summed E-state index contributed by atoms with van der Waals surface area (Å²) >= 11 is 5.40. The number of hydrogen-bond acceptors (Lipinski definition) is 3. The highest BCUT2D eigenvalue weighted by atomic mass is 35.5. The SMILES string of the molecule is CN(/N=C/c1cc[n+](C)cc1)c1ccc(C(=O)Cl)cc1.Cl. The summed E-state index contributed by atoms with van der Waals surface area (Å²) in [5.74, 6) is 0. The van der Waals surface area contributed by atoms with Gasteiger partial charge in [-0.05, 0) is 35.9 Å². The Kier molecular flexibility index (Phi) is 6.34. The lowest BCUT2D eigenvalue weighted by molar-refractivity contribution is -0.671. The number of carbonyl (C=O) groups excluding carboxylic acids is 1. The molecule has 6 heteroatoms. The molecule has 0 fully saturated rings. The Bertz CT molecular complexity index is 624. The van der Waals surface area contributed by atoms with Crippen molar-refractivity contribution in [2.24, 2.45) is 12.1 Å². The molecule has 0 amide bonds. The van der Waals surface area contributed by atoms with E-state index >= 15 is 0 Å². The predicted molar refractivity (Wildman–Crippen MR) is 87.5 cm³/mol. The van der Waals surface area contributed by atoms with Gasteiger partial charge in [0.05, 0.1) is 11.9 Å². The fourth-order valence-corrected chi connectivity index (χ4v) is 1.75. The van der Waals surface area contributed by atoms with Crippen LogP contribution in [0.4, 0.5) is 5.69 Å². The number of hydrogen-bond donors (Lipinski definition) is 0. The van der Waals surface area contributed by atoms with E-state index in [0.29, 0.717) is 5.56 Å². The van der Waals surface area contributed by atoms with Gasteiger partial charge in [0.15, 0.2) is 12.4 Å². The van der Waals surface area contributed by atoms with Crippen LogP contribution in [0.1, 0.15) is 15.9 Å². The summed E-state index contributed by atoms with van der Waals surface area (Å²) in [6.07, 6.45) is 5.70. The molecule has 0 saturated carbocycles. The fourth-order valence-electron chi connectivity index (χ4n) is 1.63. The number of hydrazone groups is 1.